The second-order valence-corrected chi connectivity index (χ2v) is 9.31. The highest BCUT2D eigenvalue weighted by molar-refractivity contribution is 6.01. The molecule has 1 unspecified atom stereocenters. The Hall–Kier alpha value is -4.46. The molecule has 8 heteroatoms. The average molecular weight is 499 g/mol. The lowest BCUT2D eigenvalue weighted by atomic mass is 9.97. The Morgan fingerprint density at radius 3 is 2.35 bits per heavy atom. The Morgan fingerprint density at radius 1 is 0.865 bits per heavy atom. The van der Waals surface area contributed by atoms with Crippen LogP contribution in [0.5, 0.6) is 0 Å². The monoisotopic (exact) mass is 498 g/mol. The number of benzene rings is 3. The molecule has 1 aliphatic heterocycles. The van der Waals surface area contributed by atoms with E-state index in [2.05, 4.69) is 5.32 Å². The van der Waals surface area contributed by atoms with Crippen LogP contribution in [0.15, 0.2) is 91.1 Å². The van der Waals surface area contributed by atoms with Crippen molar-refractivity contribution in [1.29, 1.82) is 0 Å². The summed E-state index contributed by atoms with van der Waals surface area (Å²) in [5.74, 6) is -1.08. The molecule has 3 aromatic carbocycles. The molecule has 1 atom stereocenters. The molecule has 0 saturated heterocycles. The summed E-state index contributed by atoms with van der Waals surface area (Å²) in [6.07, 6.45) is 3.53. The molecule has 186 valence electrons. The van der Waals surface area contributed by atoms with Crippen molar-refractivity contribution in [3.05, 3.63) is 114 Å². The Bertz CT molecular complexity index is 1480. The Kier molecular flexibility index (Phi) is 5.71. The maximum absolute atomic E-state index is 14.1. The van der Waals surface area contributed by atoms with Gasteiger partial charge in [-0.05, 0) is 73.0 Å². The molecule has 1 N–H and O–H groups in total. The lowest BCUT2D eigenvalue weighted by Gasteiger charge is -2.39. The van der Waals surface area contributed by atoms with E-state index in [1.807, 2.05) is 47.2 Å². The number of fused-ring (bicyclic) bond motifs is 3. The number of anilines is 2. The van der Waals surface area contributed by atoms with Gasteiger partial charge in [-0.2, -0.15) is 0 Å². The van der Waals surface area contributed by atoms with Gasteiger partial charge in [-0.3, -0.25) is 9.69 Å². The minimum atomic E-state index is -0.509. The first-order valence-electron chi connectivity index (χ1n) is 12.2. The van der Waals surface area contributed by atoms with Gasteiger partial charge in [0.15, 0.2) is 0 Å². The molecule has 6 rings (SSSR count). The molecule has 1 aliphatic carbocycles. The van der Waals surface area contributed by atoms with Gasteiger partial charge in [-0.1, -0.05) is 30.3 Å². The molecule has 37 heavy (non-hydrogen) atoms. The van der Waals surface area contributed by atoms with Crippen LogP contribution in [0, 0.1) is 11.6 Å². The first kappa shape index (κ1) is 23.0. The van der Waals surface area contributed by atoms with Crippen molar-refractivity contribution < 1.29 is 18.4 Å². The fraction of sp³-hybridized carbons (Fsp3) is 0.172. The lowest BCUT2D eigenvalue weighted by molar-refractivity contribution is -0.119. The molecule has 2 aliphatic rings. The third-order valence-corrected chi connectivity index (χ3v) is 6.80. The van der Waals surface area contributed by atoms with Gasteiger partial charge in [0.25, 0.3) is 0 Å². The van der Waals surface area contributed by atoms with Crippen molar-refractivity contribution in [3.8, 4) is 5.69 Å². The van der Waals surface area contributed by atoms with E-state index >= 15 is 0 Å². The smallest absolute Gasteiger partial charge is 0.316 e. The standard InChI is InChI=1S/C29H24F2N4O2/c30-20-12-10-19(11-13-20)28-26-9-4-16-33(26)24-7-1-2-8-25(24)35(28)27(36)18-34(23-14-15-23)29(37)32-22-6-3-5-21(31)17-22/h1-13,16-17,23,28H,14-15,18H2,(H,32,37). The number of carbonyl (C=O) groups excluding carboxylic acids is 2. The van der Waals surface area contributed by atoms with Crippen LogP contribution in [-0.4, -0.2) is 34.0 Å². The van der Waals surface area contributed by atoms with E-state index in [1.54, 1.807) is 23.1 Å². The first-order chi connectivity index (χ1) is 18.0. The van der Waals surface area contributed by atoms with Gasteiger partial charge in [-0.25, -0.2) is 13.6 Å². The first-order valence-corrected chi connectivity index (χ1v) is 12.2. The van der Waals surface area contributed by atoms with Crippen LogP contribution in [0.2, 0.25) is 0 Å². The number of nitrogens with zero attached hydrogens (tertiary/aromatic N) is 3. The maximum atomic E-state index is 14.1. The van der Waals surface area contributed by atoms with E-state index in [0.717, 1.165) is 29.8 Å². The number of halogens is 2. The minimum Gasteiger partial charge on any atom is -0.316 e. The second-order valence-electron chi connectivity index (χ2n) is 9.31. The zero-order chi connectivity index (χ0) is 25.5. The van der Waals surface area contributed by atoms with Crippen LogP contribution in [0.1, 0.15) is 30.1 Å². The highest BCUT2D eigenvalue weighted by atomic mass is 19.1. The summed E-state index contributed by atoms with van der Waals surface area (Å²) >= 11 is 0. The molecule has 1 fully saturated rings. The Balaban J connectivity index is 1.36. The molecule has 1 saturated carbocycles. The van der Waals surface area contributed by atoms with Crippen LogP contribution in [0.25, 0.3) is 5.69 Å². The molecular formula is C29H24F2N4O2. The summed E-state index contributed by atoms with van der Waals surface area (Å²) in [5.41, 5.74) is 3.49. The van der Waals surface area contributed by atoms with Crippen molar-refractivity contribution in [2.24, 2.45) is 0 Å². The summed E-state index contributed by atoms with van der Waals surface area (Å²) in [6, 6.07) is 22.2. The highest BCUT2D eigenvalue weighted by Gasteiger charge is 2.40. The van der Waals surface area contributed by atoms with E-state index in [-0.39, 0.29) is 24.3 Å². The quantitative estimate of drug-likeness (QED) is 0.373. The van der Waals surface area contributed by atoms with E-state index in [4.69, 9.17) is 0 Å². The molecule has 4 aromatic rings. The van der Waals surface area contributed by atoms with Gasteiger partial charge in [0.05, 0.1) is 17.1 Å². The molecule has 2 heterocycles. The van der Waals surface area contributed by atoms with Crippen molar-refractivity contribution in [3.63, 3.8) is 0 Å². The number of urea groups is 1. The summed E-state index contributed by atoms with van der Waals surface area (Å²) in [6.45, 7) is -0.154. The molecular weight excluding hydrogens is 474 g/mol. The number of carbonyl (C=O) groups is 2. The molecule has 0 spiro atoms. The number of rotatable bonds is 5. The highest BCUT2D eigenvalue weighted by Crippen LogP contribution is 2.42. The normalized spacial score (nSPS) is 16.1. The summed E-state index contributed by atoms with van der Waals surface area (Å²) in [5, 5.41) is 2.72. The number of amides is 3. The van der Waals surface area contributed by atoms with Crippen molar-refractivity contribution in [1.82, 2.24) is 9.47 Å². The molecule has 3 amide bonds. The van der Waals surface area contributed by atoms with E-state index < -0.39 is 17.9 Å². The second kappa shape index (κ2) is 9.20. The predicted molar refractivity (Wildman–Crippen MR) is 137 cm³/mol. The largest absolute Gasteiger partial charge is 0.322 e. The van der Waals surface area contributed by atoms with Gasteiger partial charge in [0, 0.05) is 17.9 Å². The lowest BCUT2D eigenvalue weighted by Crippen LogP contribution is -2.48. The van der Waals surface area contributed by atoms with Gasteiger partial charge >= 0.3 is 6.03 Å². The number of hydrogen-bond donors (Lipinski definition) is 1. The van der Waals surface area contributed by atoms with Gasteiger partial charge in [0.1, 0.15) is 24.2 Å². The summed E-state index contributed by atoms with van der Waals surface area (Å²) < 4.78 is 29.5. The topological polar surface area (TPSA) is 57.6 Å². The number of hydrogen-bond acceptors (Lipinski definition) is 2. The summed E-state index contributed by atoms with van der Waals surface area (Å²) in [4.78, 5) is 30.5. The number of aromatic nitrogens is 1. The van der Waals surface area contributed by atoms with Crippen molar-refractivity contribution in [2.75, 3.05) is 16.8 Å². The van der Waals surface area contributed by atoms with Gasteiger partial charge in [-0.15, -0.1) is 0 Å². The fourth-order valence-electron chi connectivity index (χ4n) is 4.96. The third-order valence-electron chi connectivity index (χ3n) is 6.80. The van der Waals surface area contributed by atoms with Gasteiger partial charge < -0.3 is 14.8 Å². The molecule has 0 bridgehead atoms. The SMILES string of the molecule is O=C(Nc1cccc(F)c1)N(CC(=O)N1c2ccccc2-n2cccc2C1c1ccc(F)cc1)C1CC1. The van der Waals surface area contributed by atoms with Crippen molar-refractivity contribution in [2.45, 2.75) is 24.9 Å². The van der Waals surface area contributed by atoms with E-state index in [0.29, 0.717) is 11.4 Å². The molecule has 0 radical (unpaired) electrons. The zero-order valence-electron chi connectivity index (χ0n) is 19.9. The third kappa shape index (κ3) is 4.35. The van der Waals surface area contributed by atoms with Crippen molar-refractivity contribution >= 4 is 23.3 Å². The Morgan fingerprint density at radius 2 is 1.62 bits per heavy atom. The molecule has 1 aromatic heterocycles. The van der Waals surface area contributed by atoms with E-state index in [1.165, 1.54) is 35.2 Å². The van der Waals surface area contributed by atoms with Crippen LogP contribution < -0.4 is 10.2 Å². The number of nitrogens with one attached hydrogen (secondary N) is 1. The Labute approximate surface area is 212 Å². The minimum absolute atomic E-state index is 0.0642. The average Bonchev–Trinajstić information content (AvgIpc) is 3.62. The zero-order valence-corrected chi connectivity index (χ0v) is 19.9. The predicted octanol–water partition coefficient (Wildman–Crippen LogP) is 5.89. The van der Waals surface area contributed by atoms with Gasteiger partial charge in [0.2, 0.25) is 5.91 Å². The molecule has 6 nitrogen and oxygen atoms in total. The van der Waals surface area contributed by atoms with Crippen LogP contribution in [0.4, 0.5) is 25.0 Å². The van der Waals surface area contributed by atoms with E-state index in [9.17, 15) is 18.4 Å². The maximum Gasteiger partial charge on any atom is 0.322 e. The van der Waals surface area contributed by atoms with Crippen LogP contribution >= 0.6 is 0 Å². The summed E-state index contributed by atoms with van der Waals surface area (Å²) in [7, 11) is 0. The number of para-hydroxylation sites is 2. The van der Waals surface area contributed by atoms with Crippen LogP contribution in [0.3, 0.4) is 0 Å². The fourth-order valence-corrected chi connectivity index (χ4v) is 4.96. The van der Waals surface area contributed by atoms with Crippen LogP contribution in [-0.2, 0) is 4.79 Å².